The molecule has 0 aliphatic rings. The minimum Gasteiger partial charge on any atom is -0.318 e. The van der Waals surface area contributed by atoms with Crippen molar-refractivity contribution in [1.82, 2.24) is 0 Å². The summed E-state index contributed by atoms with van der Waals surface area (Å²) in [7, 11) is 0. The first-order valence-corrected chi connectivity index (χ1v) is 3.35. The van der Waals surface area contributed by atoms with Gasteiger partial charge in [0.1, 0.15) is 9.85 Å². The molecule has 0 rings (SSSR count). The van der Waals surface area contributed by atoms with Crippen molar-refractivity contribution >= 4 is 11.7 Å². The maximum absolute atomic E-state index is 10.2. The zero-order valence-electron chi connectivity index (χ0n) is 7.37. The standard InChI is InChI=1S/C5H7N3O6/c1-3(6-14-4(2)9)5(7(10)11)8(12)13/h5H,1-2H3. The quantitative estimate of drug-likeness (QED) is 0.206. The molecule has 0 heterocycles. The Morgan fingerprint density at radius 2 is 1.71 bits per heavy atom. The maximum atomic E-state index is 10.2. The minimum absolute atomic E-state index is 0.504. The van der Waals surface area contributed by atoms with Crippen LogP contribution in [0.2, 0.25) is 0 Å². The predicted molar refractivity (Wildman–Crippen MR) is 42.7 cm³/mol. The summed E-state index contributed by atoms with van der Waals surface area (Å²) in [6, 6.07) is 0. The fourth-order valence-electron chi connectivity index (χ4n) is 0.565. The van der Waals surface area contributed by atoms with Crippen molar-refractivity contribution in [2.75, 3.05) is 0 Å². The minimum atomic E-state index is -2.19. The first-order chi connectivity index (χ1) is 6.36. The molecule has 0 atom stereocenters. The molecule has 0 unspecified atom stereocenters. The van der Waals surface area contributed by atoms with Crippen LogP contribution in [-0.2, 0) is 9.63 Å². The lowest BCUT2D eigenvalue weighted by Gasteiger charge is -1.99. The second-order valence-corrected chi connectivity index (χ2v) is 2.26. The average Bonchev–Trinajstić information content (AvgIpc) is 1.99. The van der Waals surface area contributed by atoms with Crippen LogP contribution in [0.1, 0.15) is 13.8 Å². The number of rotatable bonds is 4. The summed E-state index contributed by atoms with van der Waals surface area (Å²) >= 11 is 0. The Morgan fingerprint density at radius 1 is 1.29 bits per heavy atom. The van der Waals surface area contributed by atoms with Gasteiger partial charge in [-0.2, -0.15) is 0 Å². The molecular weight excluding hydrogens is 198 g/mol. The van der Waals surface area contributed by atoms with E-state index in [2.05, 4.69) is 9.99 Å². The van der Waals surface area contributed by atoms with Crippen molar-refractivity contribution in [3.05, 3.63) is 20.2 Å². The smallest absolute Gasteiger partial charge is 0.318 e. The van der Waals surface area contributed by atoms with Crippen molar-refractivity contribution in [3.8, 4) is 0 Å². The van der Waals surface area contributed by atoms with Gasteiger partial charge in [0.15, 0.2) is 0 Å². The Hall–Kier alpha value is -2.06. The zero-order valence-corrected chi connectivity index (χ0v) is 7.37. The van der Waals surface area contributed by atoms with Crippen LogP contribution in [0.15, 0.2) is 5.16 Å². The van der Waals surface area contributed by atoms with Gasteiger partial charge >= 0.3 is 12.1 Å². The van der Waals surface area contributed by atoms with Gasteiger partial charge in [0.2, 0.25) is 5.71 Å². The molecule has 0 radical (unpaired) electrons. The first kappa shape index (κ1) is 11.9. The molecule has 14 heavy (non-hydrogen) atoms. The zero-order chi connectivity index (χ0) is 11.3. The Morgan fingerprint density at radius 3 is 2.00 bits per heavy atom. The third kappa shape index (κ3) is 3.56. The third-order valence-electron chi connectivity index (χ3n) is 1.09. The van der Waals surface area contributed by atoms with Gasteiger partial charge in [-0.15, -0.1) is 0 Å². The van der Waals surface area contributed by atoms with Gasteiger partial charge in [0, 0.05) is 6.92 Å². The molecule has 0 amide bonds. The van der Waals surface area contributed by atoms with Crippen molar-refractivity contribution in [2.45, 2.75) is 20.0 Å². The molecule has 0 N–H and O–H groups in total. The van der Waals surface area contributed by atoms with Gasteiger partial charge in [-0.25, -0.2) is 4.79 Å². The molecular formula is C5H7N3O6. The van der Waals surface area contributed by atoms with Gasteiger partial charge in [-0.05, 0) is 6.92 Å². The fraction of sp³-hybridized carbons (Fsp3) is 0.600. The lowest BCUT2D eigenvalue weighted by molar-refractivity contribution is -0.719. The summed E-state index contributed by atoms with van der Waals surface area (Å²) in [6.07, 6.45) is -2.19. The normalized spacial score (nSPS) is 11.2. The van der Waals surface area contributed by atoms with E-state index in [-0.39, 0.29) is 0 Å². The highest BCUT2D eigenvalue weighted by Gasteiger charge is 2.36. The van der Waals surface area contributed by atoms with Crippen LogP contribution >= 0.6 is 0 Å². The van der Waals surface area contributed by atoms with Gasteiger partial charge < -0.3 is 4.84 Å². The molecule has 78 valence electrons. The molecule has 9 heteroatoms. The molecule has 0 aliphatic heterocycles. The molecule has 0 fully saturated rings. The molecule has 0 aromatic heterocycles. The van der Waals surface area contributed by atoms with Crippen LogP contribution in [0.4, 0.5) is 0 Å². The Bertz CT molecular complexity index is 284. The van der Waals surface area contributed by atoms with Crippen molar-refractivity contribution in [3.63, 3.8) is 0 Å². The first-order valence-electron chi connectivity index (χ1n) is 3.35. The van der Waals surface area contributed by atoms with Crippen LogP contribution in [0, 0.1) is 20.2 Å². The predicted octanol–water partition coefficient (Wildman–Crippen LogP) is -0.195. The molecule has 0 aliphatic carbocycles. The SMILES string of the molecule is CC(=O)ON=C(C)C([N+](=O)[O-])[N+](=O)[O-]. The van der Waals surface area contributed by atoms with Crippen LogP contribution < -0.4 is 0 Å². The summed E-state index contributed by atoms with van der Waals surface area (Å²) in [5.74, 6) is -0.810. The van der Waals surface area contributed by atoms with E-state index in [0.29, 0.717) is 0 Å². The second kappa shape index (κ2) is 4.84. The number of hydrogen-bond acceptors (Lipinski definition) is 7. The van der Waals surface area contributed by atoms with Crippen LogP contribution in [-0.4, -0.2) is 27.7 Å². The molecule has 0 saturated carbocycles. The number of carbonyl (C=O) groups excluding carboxylic acids is 1. The van der Waals surface area contributed by atoms with Crippen LogP contribution in [0.25, 0.3) is 0 Å². The number of oxime groups is 1. The van der Waals surface area contributed by atoms with Crippen LogP contribution in [0.3, 0.4) is 0 Å². The van der Waals surface area contributed by atoms with Gasteiger partial charge in [-0.3, -0.25) is 20.2 Å². The average molecular weight is 205 g/mol. The summed E-state index contributed by atoms with van der Waals surface area (Å²) in [5.41, 5.74) is -0.504. The van der Waals surface area contributed by atoms with Crippen molar-refractivity contribution < 1.29 is 19.5 Å². The molecule has 0 aromatic rings. The largest absolute Gasteiger partial charge is 0.492 e. The van der Waals surface area contributed by atoms with Gasteiger partial charge in [0.05, 0.1) is 0 Å². The summed E-state index contributed by atoms with van der Waals surface area (Å²) < 4.78 is 0. The fourth-order valence-corrected chi connectivity index (χ4v) is 0.565. The van der Waals surface area contributed by atoms with E-state index in [9.17, 15) is 25.0 Å². The third-order valence-corrected chi connectivity index (χ3v) is 1.09. The Labute approximate surface area is 77.6 Å². The van der Waals surface area contributed by atoms with E-state index in [4.69, 9.17) is 0 Å². The van der Waals surface area contributed by atoms with Gasteiger partial charge in [0.25, 0.3) is 0 Å². The summed E-state index contributed by atoms with van der Waals surface area (Å²) in [6.45, 7) is 2.04. The van der Waals surface area contributed by atoms with E-state index in [1.54, 1.807) is 0 Å². The molecule has 0 saturated heterocycles. The number of hydrogen-bond donors (Lipinski definition) is 0. The highest BCUT2D eigenvalue weighted by molar-refractivity contribution is 5.84. The monoisotopic (exact) mass is 205 g/mol. The van der Waals surface area contributed by atoms with Crippen molar-refractivity contribution in [1.29, 1.82) is 0 Å². The van der Waals surface area contributed by atoms with Crippen molar-refractivity contribution in [2.24, 2.45) is 5.16 Å². The lowest BCUT2D eigenvalue weighted by atomic mass is 10.3. The highest BCUT2D eigenvalue weighted by atomic mass is 16.7. The maximum Gasteiger partial charge on any atom is 0.492 e. The van der Waals surface area contributed by atoms with Crippen LogP contribution in [0.5, 0.6) is 0 Å². The second-order valence-electron chi connectivity index (χ2n) is 2.26. The number of nitrogens with zero attached hydrogens (tertiary/aromatic N) is 3. The van der Waals surface area contributed by atoms with E-state index in [1.165, 1.54) is 0 Å². The Kier molecular flexibility index (Phi) is 4.13. The summed E-state index contributed by atoms with van der Waals surface area (Å²) in [4.78, 5) is 32.3. The number of nitro groups is 2. The summed E-state index contributed by atoms with van der Waals surface area (Å²) in [5, 5.41) is 23.3. The number of carbonyl (C=O) groups is 1. The van der Waals surface area contributed by atoms with E-state index in [1.807, 2.05) is 0 Å². The molecule has 0 aromatic carbocycles. The van der Waals surface area contributed by atoms with E-state index in [0.717, 1.165) is 13.8 Å². The molecule has 0 bridgehead atoms. The topological polar surface area (TPSA) is 125 Å². The van der Waals surface area contributed by atoms with E-state index >= 15 is 0 Å². The molecule has 0 spiro atoms. The van der Waals surface area contributed by atoms with E-state index < -0.39 is 27.7 Å². The molecule has 9 nitrogen and oxygen atoms in total. The highest BCUT2D eigenvalue weighted by Crippen LogP contribution is 1.96. The van der Waals surface area contributed by atoms with Gasteiger partial charge in [-0.1, -0.05) is 5.16 Å². The Balaban J connectivity index is 4.68. The lowest BCUT2D eigenvalue weighted by Crippen LogP contribution is -2.35.